The van der Waals surface area contributed by atoms with Gasteiger partial charge in [0.15, 0.2) is 5.17 Å². The molecule has 1 amide bonds. The number of aliphatic imine (C=N–C) groups is 1. The molecule has 23 heavy (non-hydrogen) atoms. The van der Waals surface area contributed by atoms with Gasteiger partial charge in [0.1, 0.15) is 0 Å². The summed E-state index contributed by atoms with van der Waals surface area (Å²) in [4.78, 5) is 31.3. The number of nitrogens with zero attached hydrogens (tertiary/aromatic N) is 4. The normalized spacial score (nSPS) is 20.9. The van der Waals surface area contributed by atoms with Crippen molar-refractivity contribution in [3.05, 3.63) is 44.8 Å². The van der Waals surface area contributed by atoms with Crippen molar-refractivity contribution in [1.82, 2.24) is 9.80 Å². The molecule has 1 fully saturated rings. The van der Waals surface area contributed by atoms with Gasteiger partial charge in [-0.1, -0.05) is 0 Å². The first kappa shape index (κ1) is 15.7. The van der Waals surface area contributed by atoms with Gasteiger partial charge in [-0.05, 0) is 42.6 Å². The molecule has 0 saturated carbocycles. The molecule has 2 aliphatic heterocycles. The lowest BCUT2D eigenvalue weighted by molar-refractivity contribution is -0.384. The maximum absolute atomic E-state index is 12.0. The highest BCUT2D eigenvalue weighted by molar-refractivity contribution is 8.18. The van der Waals surface area contributed by atoms with Gasteiger partial charge < -0.3 is 9.80 Å². The zero-order valence-corrected chi connectivity index (χ0v) is 13.5. The van der Waals surface area contributed by atoms with Crippen LogP contribution in [0.3, 0.4) is 0 Å². The number of carbonyl (C=O) groups excluding carboxylic acids is 1. The van der Waals surface area contributed by atoms with Crippen molar-refractivity contribution in [2.24, 2.45) is 4.99 Å². The summed E-state index contributed by atoms with van der Waals surface area (Å²) in [6.07, 6.45) is 1.73. The van der Waals surface area contributed by atoms with Gasteiger partial charge in [0, 0.05) is 38.3 Å². The summed E-state index contributed by atoms with van der Waals surface area (Å²) in [5, 5.41) is 11.4. The first-order valence-electron chi connectivity index (χ1n) is 7.23. The number of carbonyl (C=O) groups is 1. The molecular weight excluding hydrogens is 316 g/mol. The predicted molar refractivity (Wildman–Crippen MR) is 90.2 cm³/mol. The summed E-state index contributed by atoms with van der Waals surface area (Å²) in [6.45, 7) is 3.63. The molecule has 0 unspecified atom stereocenters. The number of rotatable bonds is 2. The lowest BCUT2D eigenvalue weighted by atomic mass is 10.2. The summed E-state index contributed by atoms with van der Waals surface area (Å²) in [7, 11) is 2.08. The fourth-order valence-corrected chi connectivity index (χ4v) is 3.34. The topological polar surface area (TPSA) is 79.0 Å². The third-order valence-corrected chi connectivity index (χ3v) is 4.83. The van der Waals surface area contributed by atoms with Crippen molar-refractivity contribution in [2.75, 3.05) is 33.2 Å². The van der Waals surface area contributed by atoms with E-state index >= 15 is 0 Å². The third-order valence-electron chi connectivity index (χ3n) is 3.78. The van der Waals surface area contributed by atoms with Crippen molar-refractivity contribution >= 4 is 34.6 Å². The van der Waals surface area contributed by atoms with Gasteiger partial charge in [0.05, 0.1) is 9.83 Å². The Morgan fingerprint density at radius 1 is 1.22 bits per heavy atom. The van der Waals surface area contributed by atoms with Crippen LogP contribution in [-0.4, -0.2) is 59.0 Å². The van der Waals surface area contributed by atoms with Crippen LogP contribution in [0.4, 0.5) is 5.69 Å². The number of nitro benzene ring substituents is 1. The quantitative estimate of drug-likeness (QED) is 0.467. The Labute approximate surface area is 137 Å². The molecule has 120 valence electrons. The van der Waals surface area contributed by atoms with E-state index in [0.717, 1.165) is 36.9 Å². The van der Waals surface area contributed by atoms with Crippen LogP contribution in [0.1, 0.15) is 5.56 Å². The Morgan fingerprint density at radius 3 is 2.48 bits per heavy atom. The van der Waals surface area contributed by atoms with Gasteiger partial charge in [-0.25, -0.2) is 0 Å². The number of likely N-dealkylation sites (N-methyl/N-ethyl adjacent to an activating group) is 1. The van der Waals surface area contributed by atoms with Crippen LogP contribution in [0.15, 0.2) is 34.2 Å². The molecule has 1 aromatic rings. The smallest absolute Gasteiger partial charge is 0.286 e. The Morgan fingerprint density at radius 2 is 1.87 bits per heavy atom. The Hall–Kier alpha value is -2.19. The van der Waals surface area contributed by atoms with E-state index in [1.165, 1.54) is 23.9 Å². The maximum atomic E-state index is 12.0. The molecule has 0 aromatic heterocycles. The molecule has 0 spiro atoms. The van der Waals surface area contributed by atoms with Crippen LogP contribution in [0, 0.1) is 10.1 Å². The number of piperazine rings is 1. The van der Waals surface area contributed by atoms with Crippen molar-refractivity contribution < 1.29 is 9.72 Å². The van der Waals surface area contributed by atoms with Gasteiger partial charge in [0.2, 0.25) is 0 Å². The minimum absolute atomic E-state index is 0.0342. The van der Waals surface area contributed by atoms with E-state index in [4.69, 9.17) is 0 Å². The average Bonchev–Trinajstić information content (AvgIpc) is 2.89. The highest BCUT2D eigenvalue weighted by Gasteiger charge is 2.27. The Kier molecular flexibility index (Phi) is 4.44. The van der Waals surface area contributed by atoms with Crippen LogP contribution in [-0.2, 0) is 4.79 Å². The molecule has 8 heteroatoms. The maximum Gasteiger partial charge on any atom is 0.286 e. The summed E-state index contributed by atoms with van der Waals surface area (Å²) in [6, 6.07) is 6.12. The predicted octanol–water partition coefficient (Wildman–Crippen LogP) is 1.81. The average molecular weight is 332 g/mol. The van der Waals surface area contributed by atoms with E-state index < -0.39 is 4.92 Å². The van der Waals surface area contributed by atoms with E-state index in [2.05, 4.69) is 21.8 Å². The largest absolute Gasteiger partial charge is 0.348 e. The summed E-state index contributed by atoms with van der Waals surface area (Å²) in [5.74, 6) is -0.248. The van der Waals surface area contributed by atoms with Gasteiger partial charge >= 0.3 is 0 Å². The van der Waals surface area contributed by atoms with Crippen molar-refractivity contribution in [2.45, 2.75) is 0 Å². The number of amides is 1. The number of benzene rings is 1. The van der Waals surface area contributed by atoms with Gasteiger partial charge in [0.25, 0.3) is 11.6 Å². The van der Waals surface area contributed by atoms with Gasteiger partial charge in [-0.2, -0.15) is 4.99 Å². The number of amidine groups is 1. The summed E-state index contributed by atoms with van der Waals surface area (Å²) >= 11 is 1.37. The van der Waals surface area contributed by atoms with Crippen molar-refractivity contribution in [1.29, 1.82) is 0 Å². The fourth-order valence-electron chi connectivity index (χ4n) is 2.37. The Bertz CT molecular complexity index is 691. The number of non-ortho nitro benzene ring substituents is 1. The van der Waals surface area contributed by atoms with Crippen molar-refractivity contribution in [3.63, 3.8) is 0 Å². The number of hydrogen-bond donors (Lipinski definition) is 0. The second-order valence-electron chi connectivity index (χ2n) is 5.45. The van der Waals surface area contributed by atoms with Crippen LogP contribution >= 0.6 is 11.8 Å². The molecular formula is C15H16N4O3S. The van der Waals surface area contributed by atoms with Gasteiger partial charge in [-0.3, -0.25) is 14.9 Å². The lowest BCUT2D eigenvalue weighted by Crippen LogP contribution is -2.46. The fraction of sp³-hybridized carbons (Fsp3) is 0.333. The molecule has 0 bridgehead atoms. The Balaban J connectivity index is 1.70. The second kappa shape index (κ2) is 6.51. The minimum Gasteiger partial charge on any atom is -0.348 e. The molecule has 2 heterocycles. The summed E-state index contributed by atoms with van der Waals surface area (Å²) in [5.41, 5.74) is 0.785. The SMILES string of the molecule is CN1CCN(C2=NC(=O)/C(=C\c3ccc([N+](=O)[O-])cc3)S2)CC1. The molecule has 1 saturated heterocycles. The molecule has 0 radical (unpaired) electrons. The first-order valence-corrected chi connectivity index (χ1v) is 8.05. The number of hydrogen-bond acceptors (Lipinski definition) is 6. The lowest BCUT2D eigenvalue weighted by Gasteiger charge is -2.32. The molecule has 1 aromatic carbocycles. The highest BCUT2D eigenvalue weighted by Crippen LogP contribution is 2.30. The summed E-state index contributed by atoms with van der Waals surface area (Å²) < 4.78 is 0. The molecule has 0 atom stereocenters. The van der Waals surface area contributed by atoms with E-state index in [0.29, 0.717) is 4.91 Å². The third kappa shape index (κ3) is 3.59. The first-order chi connectivity index (χ1) is 11.0. The van der Waals surface area contributed by atoms with E-state index in [-0.39, 0.29) is 11.6 Å². The zero-order chi connectivity index (χ0) is 16.4. The minimum atomic E-state index is -0.443. The second-order valence-corrected chi connectivity index (χ2v) is 6.46. The molecule has 3 rings (SSSR count). The number of thioether (sulfide) groups is 1. The molecule has 0 N–H and O–H groups in total. The van der Waals surface area contributed by atoms with Gasteiger partial charge in [-0.15, -0.1) is 0 Å². The van der Waals surface area contributed by atoms with Crippen LogP contribution in [0.5, 0.6) is 0 Å². The standard InChI is InChI=1S/C15H16N4O3S/c1-17-6-8-18(9-7-17)15-16-14(20)13(23-15)10-11-2-4-12(5-3-11)19(21)22/h2-5,10H,6-9H2,1H3/b13-10+. The highest BCUT2D eigenvalue weighted by atomic mass is 32.2. The van der Waals surface area contributed by atoms with Crippen LogP contribution in [0.2, 0.25) is 0 Å². The van der Waals surface area contributed by atoms with E-state index in [1.807, 2.05) is 0 Å². The van der Waals surface area contributed by atoms with Crippen molar-refractivity contribution in [3.8, 4) is 0 Å². The number of nitro groups is 1. The molecule has 2 aliphatic rings. The monoisotopic (exact) mass is 332 g/mol. The van der Waals surface area contributed by atoms with E-state index in [1.54, 1.807) is 18.2 Å². The van der Waals surface area contributed by atoms with E-state index in [9.17, 15) is 14.9 Å². The van der Waals surface area contributed by atoms with Crippen LogP contribution in [0.25, 0.3) is 6.08 Å². The molecule has 7 nitrogen and oxygen atoms in total. The zero-order valence-electron chi connectivity index (χ0n) is 12.6. The van der Waals surface area contributed by atoms with Crippen LogP contribution < -0.4 is 0 Å². The molecule has 0 aliphatic carbocycles.